The lowest BCUT2D eigenvalue weighted by molar-refractivity contribution is 0.886. The molecule has 74 valence electrons. The third-order valence-electron chi connectivity index (χ3n) is 1.70. The molecule has 0 aliphatic carbocycles. The van der Waals surface area contributed by atoms with Gasteiger partial charge in [-0.15, -0.1) is 0 Å². The number of hydrogen-bond donors (Lipinski definition) is 2. The van der Waals surface area contributed by atoms with Gasteiger partial charge in [0.15, 0.2) is 0 Å². The van der Waals surface area contributed by atoms with Crippen molar-refractivity contribution < 1.29 is 0 Å². The fraction of sp³-hybridized carbons (Fsp3) is 0.455. The SMILES string of the molecule is CCCC.CNc1ccc(N)cc1. The van der Waals surface area contributed by atoms with E-state index >= 15 is 0 Å². The van der Waals surface area contributed by atoms with E-state index < -0.39 is 0 Å². The molecule has 0 fully saturated rings. The Bertz CT molecular complexity index is 202. The summed E-state index contributed by atoms with van der Waals surface area (Å²) in [5.74, 6) is 0. The van der Waals surface area contributed by atoms with Crippen molar-refractivity contribution in [3.05, 3.63) is 24.3 Å². The van der Waals surface area contributed by atoms with Gasteiger partial charge in [0.25, 0.3) is 0 Å². The second-order valence-electron chi connectivity index (χ2n) is 2.87. The van der Waals surface area contributed by atoms with Crippen LogP contribution in [-0.2, 0) is 0 Å². The van der Waals surface area contributed by atoms with Crippen LogP contribution in [0.4, 0.5) is 11.4 Å². The van der Waals surface area contributed by atoms with Crippen LogP contribution in [0.25, 0.3) is 0 Å². The lowest BCUT2D eigenvalue weighted by Gasteiger charge is -1.97. The summed E-state index contributed by atoms with van der Waals surface area (Å²) in [4.78, 5) is 0. The second kappa shape index (κ2) is 7.47. The molecule has 3 N–H and O–H groups in total. The van der Waals surface area contributed by atoms with Gasteiger partial charge in [0.2, 0.25) is 0 Å². The minimum atomic E-state index is 0.800. The predicted molar refractivity (Wildman–Crippen MR) is 61.0 cm³/mol. The van der Waals surface area contributed by atoms with E-state index in [1.807, 2.05) is 31.3 Å². The van der Waals surface area contributed by atoms with Crippen LogP contribution in [0.5, 0.6) is 0 Å². The Morgan fingerprint density at radius 2 is 1.54 bits per heavy atom. The first-order valence-electron chi connectivity index (χ1n) is 4.77. The molecule has 1 rings (SSSR count). The number of nitrogen functional groups attached to an aromatic ring is 1. The van der Waals surface area contributed by atoms with Crippen molar-refractivity contribution in [1.29, 1.82) is 0 Å². The third kappa shape index (κ3) is 6.02. The fourth-order valence-electron chi connectivity index (χ4n) is 0.650. The second-order valence-corrected chi connectivity index (χ2v) is 2.87. The lowest BCUT2D eigenvalue weighted by atomic mass is 10.3. The van der Waals surface area contributed by atoms with E-state index in [0.29, 0.717) is 0 Å². The molecule has 1 aromatic rings. The van der Waals surface area contributed by atoms with E-state index in [2.05, 4.69) is 19.2 Å². The van der Waals surface area contributed by atoms with Gasteiger partial charge in [-0.05, 0) is 24.3 Å². The van der Waals surface area contributed by atoms with Gasteiger partial charge in [0, 0.05) is 18.4 Å². The Labute approximate surface area is 81.2 Å². The monoisotopic (exact) mass is 180 g/mol. The van der Waals surface area contributed by atoms with Crippen molar-refractivity contribution >= 4 is 11.4 Å². The first-order valence-corrected chi connectivity index (χ1v) is 4.77. The summed E-state index contributed by atoms with van der Waals surface area (Å²) >= 11 is 0. The quantitative estimate of drug-likeness (QED) is 0.686. The number of hydrogen-bond acceptors (Lipinski definition) is 2. The van der Waals surface area contributed by atoms with Crippen molar-refractivity contribution in [3.8, 4) is 0 Å². The van der Waals surface area contributed by atoms with E-state index in [4.69, 9.17) is 5.73 Å². The molecule has 0 atom stereocenters. The smallest absolute Gasteiger partial charge is 0.0339 e. The predicted octanol–water partition coefficient (Wildman–Crippen LogP) is 3.12. The standard InChI is InChI=1S/C7H10N2.C4H10/c1-9-7-4-2-6(8)3-5-7;1-3-4-2/h2-5,9H,8H2,1H3;3-4H2,1-2H3. The molecule has 0 unspecified atom stereocenters. The minimum absolute atomic E-state index is 0.800. The Morgan fingerprint density at radius 3 is 1.85 bits per heavy atom. The van der Waals surface area contributed by atoms with Crippen LogP contribution in [0.2, 0.25) is 0 Å². The van der Waals surface area contributed by atoms with E-state index in [0.717, 1.165) is 11.4 Å². The number of unbranched alkanes of at least 4 members (excludes halogenated alkanes) is 1. The third-order valence-corrected chi connectivity index (χ3v) is 1.70. The Balaban J connectivity index is 0.000000310. The van der Waals surface area contributed by atoms with Crippen molar-refractivity contribution in [2.75, 3.05) is 18.1 Å². The highest BCUT2D eigenvalue weighted by Crippen LogP contribution is 2.08. The maximum atomic E-state index is 5.45. The molecule has 2 nitrogen and oxygen atoms in total. The number of anilines is 2. The van der Waals surface area contributed by atoms with Crippen LogP contribution in [0.1, 0.15) is 26.7 Å². The van der Waals surface area contributed by atoms with Gasteiger partial charge in [-0.25, -0.2) is 0 Å². The highest BCUT2D eigenvalue weighted by atomic mass is 14.8. The van der Waals surface area contributed by atoms with Crippen LogP contribution >= 0.6 is 0 Å². The number of benzene rings is 1. The maximum Gasteiger partial charge on any atom is 0.0339 e. The van der Waals surface area contributed by atoms with Gasteiger partial charge < -0.3 is 11.1 Å². The zero-order chi connectivity index (χ0) is 10.1. The van der Waals surface area contributed by atoms with Crippen LogP contribution in [0, 0.1) is 0 Å². The molecule has 0 bridgehead atoms. The summed E-state index contributed by atoms with van der Waals surface area (Å²) in [6, 6.07) is 7.61. The molecule has 0 aliphatic heterocycles. The van der Waals surface area contributed by atoms with E-state index in [1.54, 1.807) is 0 Å². The molecule has 0 saturated carbocycles. The van der Waals surface area contributed by atoms with Crippen molar-refractivity contribution in [2.24, 2.45) is 0 Å². The molecule has 2 heteroatoms. The number of rotatable bonds is 2. The summed E-state index contributed by atoms with van der Waals surface area (Å²) in [6.07, 6.45) is 2.64. The first-order chi connectivity index (χ1) is 6.24. The van der Waals surface area contributed by atoms with Gasteiger partial charge in [-0.2, -0.15) is 0 Å². The molecular weight excluding hydrogens is 160 g/mol. The van der Waals surface area contributed by atoms with Gasteiger partial charge in [0.05, 0.1) is 0 Å². The summed E-state index contributed by atoms with van der Waals surface area (Å²) in [6.45, 7) is 4.36. The lowest BCUT2D eigenvalue weighted by Crippen LogP contribution is -1.88. The molecule has 0 amide bonds. The molecule has 0 radical (unpaired) electrons. The molecule has 1 aromatic carbocycles. The van der Waals surface area contributed by atoms with Crippen LogP contribution < -0.4 is 11.1 Å². The van der Waals surface area contributed by atoms with Crippen LogP contribution in [-0.4, -0.2) is 7.05 Å². The summed E-state index contributed by atoms with van der Waals surface area (Å²) in [5, 5.41) is 3.00. The van der Waals surface area contributed by atoms with E-state index in [1.165, 1.54) is 12.8 Å². The van der Waals surface area contributed by atoms with Gasteiger partial charge in [0.1, 0.15) is 0 Å². The number of nitrogens with two attached hydrogens (primary N) is 1. The zero-order valence-corrected chi connectivity index (χ0v) is 8.80. The highest BCUT2D eigenvalue weighted by Gasteiger charge is 1.84. The molecule has 0 saturated heterocycles. The zero-order valence-electron chi connectivity index (χ0n) is 8.80. The maximum absolute atomic E-state index is 5.45. The molecule has 0 aromatic heterocycles. The van der Waals surface area contributed by atoms with E-state index in [9.17, 15) is 0 Å². The average Bonchev–Trinajstić information content (AvgIpc) is 2.19. The van der Waals surface area contributed by atoms with Gasteiger partial charge >= 0.3 is 0 Å². The van der Waals surface area contributed by atoms with Gasteiger partial charge in [-0.1, -0.05) is 26.7 Å². The summed E-state index contributed by atoms with van der Waals surface area (Å²) in [5.41, 5.74) is 7.34. The van der Waals surface area contributed by atoms with Crippen molar-refractivity contribution in [2.45, 2.75) is 26.7 Å². The van der Waals surface area contributed by atoms with Crippen molar-refractivity contribution in [3.63, 3.8) is 0 Å². The molecule has 13 heavy (non-hydrogen) atoms. The van der Waals surface area contributed by atoms with Crippen LogP contribution in [0.15, 0.2) is 24.3 Å². The number of nitrogens with one attached hydrogen (secondary N) is 1. The highest BCUT2D eigenvalue weighted by molar-refractivity contribution is 5.50. The molecular formula is C11H20N2. The molecule has 0 spiro atoms. The molecule has 0 aliphatic rings. The molecule has 0 heterocycles. The Morgan fingerprint density at radius 1 is 1.08 bits per heavy atom. The fourth-order valence-corrected chi connectivity index (χ4v) is 0.650. The average molecular weight is 180 g/mol. The van der Waals surface area contributed by atoms with Gasteiger partial charge in [-0.3, -0.25) is 0 Å². The van der Waals surface area contributed by atoms with Crippen molar-refractivity contribution in [1.82, 2.24) is 0 Å². The largest absolute Gasteiger partial charge is 0.399 e. The minimum Gasteiger partial charge on any atom is -0.399 e. The topological polar surface area (TPSA) is 38.0 Å². The normalized spacial score (nSPS) is 8.54. The Kier molecular flexibility index (Phi) is 6.79. The first kappa shape index (κ1) is 11.8. The summed E-state index contributed by atoms with van der Waals surface area (Å²) < 4.78 is 0. The Hall–Kier alpha value is -1.18. The van der Waals surface area contributed by atoms with Crippen LogP contribution in [0.3, 0.4) is 0 Å². The van der Waals surface area contributed by atoms with E-state index in [-0.39, 0.29) is 0 Å². The summed E-state index contributed by atoms with van der Waals surface area (Å²) in [7, 11) is 1.88.